The summed E-state index contributed by atoms with van der Waals surface area (Å²) in [5.41, 5.74) is 2.18. The molecule has 3 aromatic rings. The molecule has 0 saturated carbocycles. The van der Waals surface area contributed by atoms with Crippen molar-refractivity contribution >= 4 is 17.4 Å². The molecule has 1 aliphatic rings. The largest absolute Gasteiger partial charge is 0.507 e. The van der Waals surface area contributed by atoms with Gasteiger partial charge in [0.05, 0.1) is 18.7 Å². The summed E-state index contributed by atoms with van der Waals surface area (Å²) in [6, 6.07) is 23.2. The summed E-state index contributed by atoms with van der Waals surface area (Å²) in [6.45, 7) is 1.54. The van der Waals surface area contributed by atoms with E-state index < -0.39 is 17.7 Å². The second-order valence-electron chi connectivity index (χ2n) is 9.19. The van der Waals surface area contributed by atoms with E-state index in [1.807, 2.05) is 67.5 Å². The van der Waals surface area contributed by atoms with E-state index >= 15 is 0 Å². The zero-order valence-electron chi connectivity index (χ0n) is 21.4. The van der Waals surface area contributed by atoms with Crippen LogP contribution in [-0.4, -0.2) is 60.9 Å². The van der Waals surface area contributed by atoms with Gasteiger partial charge < -0.3 is 24.4 Å². The summed E-state index contributed by atoms with van der Waals surface area (Å²) in [4.78, 5) is 30.0. The SMILES string of the molecule is COc1ccccc1[C@@H]1/C(=C(\O)c2ccc(OCc3ccccc3)cc2)C(=O)C(=O)N1CCCN(C)C. The van der Waals surface area contributed by atoms with Crippen LogP contribution in [0.5, 0.6) is 11.5 Å². The summed E-state index contributed by atoms with van der Waals surface area (Å²) >= 11 is 0. The molecule has 1 N–H and O–H groups in total. The third kappa shape index (κ3) is 5.84. The molecular weight excluding hydrogens is 468 g/mol. The minimum atomic E-state index is -0.757. The number of likely N-dealkylation sites (tertiary alicyclic amines) is 1. The lowest BCUT2D eigenvalue weighted by Crippen LogP contribution is -2.32. The first-order valence-corrected chi connectivity index (χ1v) is 12.2. The van der Waals surface area contributed by atoms with Gasteiger partial charge in [-0.1, -0.05) is 48.5 Å². The number of amides is 1. The summed E-state index contributed by atoms with van der Waals surface area (Å²) in [5.74, 6) is -0.381. The van der Waals surface area contributed by atoms with E-state index in [2.05, 4.69) is 0 Å². The molecule has 7 heteroatoms. The van der Waals surface area contributed by atoms with Crippen molar-refractivity contribution < 1.29 is 24.2 Å². The predicted molar refractivity (Wildman–Crippen MR) is 142 cm³/mol. The average molecular weight is 501 g/mol. The molecular formula is C30H32N2O5. The maximum Gasteiger partial charge on any atom is 0.295 e. The van der Waals surface area contributed by atoms with E-state index in [0.29, 0.717) is 42.2 Å². The summed E-state index contributed by atoms with van der Waals surface area (Å²) < 4.78 is 11.4. The van der Waals surface area contributed by atoms with Crippen LogP contribution >= 0.6 is 0 Å². The van der Waals surface area contributed by atoms with Crippen molar-refractivity contribution in [2.45, 2.75) is 19.1 Å². The minimum Gasteiger partial charge on any atom is -0.507 e. The van der Waals surface area contributed by atoms with Gasteiger partial charge in [-0.2, -0.15) is 0 Å². The third-order valence-corrected chi connectivity index (χ3v) is 6.35. The highest BCUT2D eigenvalue weighted by Gasteiger charge is 2.46. The molecule has 0 bridgehead atoms. The van der Waals surface area contributed by atoms with Crippen molar-refractivity contribution in [1.82, 2.24) is 9.80 Å². The van der Waals surface area contributed by atoms with Crippen LogP contribution in [0.1, 0.15) is 29.2 Å². The second-order valence-corrected chi connectivity index (χ2v) is 9.19. The Labute approximate surface area is 217 Å². The quantitative estimate of drug-likeness (QED) is 0.248. The monoisotopic (exact) mass is 500 g/mol. The second kappa shape index (κ2) is 11.8. The molecule has 1 aliphatic heterocycles. The fraction of sp³-hybridized carbons (Fsp3) is 0.267. The number of aliphatic hydroxyl groups is 1. The topological polar surface area (TPSA) is 79.3 Å². The normalized spacial score (nSPS) is 16.9. The molecule has 1 atom stereocenters. The number of hydrogen-bond donors (Lipinski definition) is 1. The molecule has 7 nitrogen and oxygen atoms in total. The molecule has 0 spiro atoms. The van der Waals surface area contributed by atoms with Crippen molar-refractivity contribution in [3.05, 3.63) is 101 Å². The minimum absolute atomic E-state index is 0.0531. The highest BCUT2D eigenvalue weighted by molar-refractivity contribution is 6.46. The Morgan fingerprint density at radius 1 is 0.946 bits per heavy atom. The first-order chi connectivity index (χ1) is 17.9. The molecule has 37 heavy (non-hydrogen) atoms. The third-order valence-electron chi connectivity index (χ3n) is 6.35. The molecule has 4 rings (SSSR count). The van der Waals surface area contributed by atoms with Gasteiger partial charge in [0, 0.05) is 17.7 Å². The van der Waals surface area contributed by atoms with Crippen molar-refractivity contribution in [3.8, 4) is 11.5 Å². The highest BCUT2D eigenvalue weighted by atomic mass is 16.5. The number of nitrogens with zero attached hydrogens (tertiary/aromatic N) is 2. The maximum atomic E-state index is 13.3. The first-order valence-electron chi connectivity index (χ1n) is 12.2. The summed E-state index contributed by atoms with van der Waals surface area (Å²) in [5, 5.41) is 11.3. The number of hydrogen-bond acceptors (Lipinski definition) is 6. The van der Waals surface area contributed by atoms with Crippen molar-refractivity contribution in [2.75, 3.05) is 34.3 Å². The standard InChI is InChI=1S/C30H32N2O5/c1-31(2)18-9-19-32-27(24-12-7-8-13-25(24)36-3)26(29(34)30(32)35)28(33)22-14-16-23(17-15-22)37-20-21-10-5-4-6-11-21/h4-8,10-17,27,33H,9,18-20H2,1-3H3/b28-26+/t27-/m1/s1. The van der Waals surface area contributed by atoms with Crippen LogP contribution in [0, 0.1) is 0 Å². The molecule has 0 unspecified atom stereocenters. The van der Waals surface area contributed by atoms with Gasteiger partial charge in [-0.15, -0.1) is 0 Å². The van der Waals surface area contributed by atoms with Gasteiger partial charge in [0.15, 0.2) is 0 Å². The van der Waals surface area contributed by atoms with Crippen molar-refractivity contribution in [1.29, 1.82) is 0 Å². The molecule has 1 heterocycles. The lowest BCUT2D eigenvalue weighted by atomic mass is 9.94. The van der Waals surface area contributed by atoms with E-state index in [-0.39, 0.29) is 11.3 Å². The van der Waals surface area contributed by atoms with Crippen LogP contribution in [0.4, 0.5) is 0 Å². The van der Waals surface area contributed by atoms with Gasteiger partial charge in [0.2, 0.25) is 0 Å². The Morgan fingerprint density at radius 3 is 2.30 bits per heavy atom. The van der Waals surface area contributed by atoms with Gasteiger partial charge in [-0.25, -0.2) is 0 Å². The first kappa shape index (κ1) is 26.0. The van der Waals surface area contributed by atoms with E-state index in [1.165, 1.54) is 4.90 Å². The van der Waals surface area contributed by atoms with Crippen LogP contribution in [0.2, 0.25) is 0 Å². The lowest BCUT2D eigenvalue weighted by Gasteiger charge is -2.27. The molecule has 1 fully saturated rings. The molecule has 192 valence electrons. The Kier molecular flexibility index (Phi) is 8.25. The van der Waals surface area contributed by atoms with Crippen LogP contribution in [0.15, 0.2) is 84.4 Å². The Morgan fingerprint density at radius 2 is 1.62 bits per heavy atom. The van der Waals surface area contributed by atoms with Gasteiger partial charge >= 0.3 is 0 Å². The summed E-state index contributed by atoms with van der Waals surface area (Å²) in [7, 11) is 5.46. The van der Waals surface area contributed by atoms with Crippen LogP contribution in [-0.2, 0) is 16.2 Å². The van der Waals surface area contributed by atoms with Crippen molar-refractivity contribution in [3.63, 3.8) is 0 Å². The van der Waals surface area contributed by atoms with E-state index in [9.17, 15) is 14.7 Å². The number of ether oxygens (including phenoxy) is 2. The number of methoxy groups -OCH3 is 1. The average Bonchev–Trinajstić information content (AvgIpc) is 3.17. The van der Waals surface area contributed by atoms with E-state index in [0.717, 1.165) is 12.1 Å². The maximum absolute atomic E-state index is 13.3. The van der Waals surface area contributed by atoms with Gasteiger partial charge in [0.25, 0.3) is 11.7 Å². The Balaban J connectivity index is 1.67. The lowest BCUT2D eigenvalue weighted by molar-refractivity contribution is -0.140. The number of rotatable bonds is 10. The zero-order valence-corrected chi connectivity index (χ0v) is 21.4. The number of benzene rings is 3. The molecule has 3 aromatic carbocycles. The van der Waals surface area contributed by atoms with Gasteiger partial charge in [-0.3, -0.25) is 9.59 Å². The van der Waals surface area contributed by atoms with Gasteiger partial charge in [0.1, 0.15) is 23.9 Å². The number of Topliss-reactive ketones (excluding diaryl/α,β-unsaturated/α-hetero) is 1. The number of carbonyl (C=O) groups excluding carboxylic acids is 2. The summed E-state index contributed by atoms with van der Waals surface area (Å²) in [6.07, 6.45) is 0.680. The number of ketones is 1. The molecule has 0 aliphatic carbocycles. The molecule has 1 saturated heterocycles. The molecule has 1 amide bonds. The fourth-order valence-corrected chi connectivity index (χ4v) is 4.49. The number of para-hydroxylation sites is 1. The van der Waals surface area contributed by atoms with Crippen molar-refractivity contribution in [2.24, 2.45) is 0 Å². The van der Waals surface area contributed by atoms with E-state index in [1.54, 1.807) is 37.4 Å². The number of carbonyl (C=O) groups is 2. The fourth-order valence-electron chi connectivity index (χ4n) is 4.49. The zero-order chi connectivity index (χ0) is 26.4. The van der Waals surface area contributed by atoms with Crippen LogP contribution in [0.25, 0.3) is 5.76 Å². The molecule has 0 aromatic heterocycles. The van der Waals surface area contributed by atoms with Gasteiger partial charge in [-0.05, 0) is 63.0 Å². The predicted octanol–water partition coefficient (Wildman–Crippen LogP) is 4.65. The highest BCUT2D eigenvalue weighted by Crippen LogP contribution is 2.42. The van der Waals surface area contributed by atoms with E-state index in [4.69, 9.17) is 9.47 Å². The van der Waals surface area contributed by atoms with Crippen LogP contribution < -0.4 is 9.47 Å². The Hall–Kier alpha value is -4.10. The Bertz CT molecular complexity index is 1270. The number of aliphatic hydroxyl groups excluding tert-OH is 1. The smallest absolute Gasteiger partial charge is 0.295 e. The molecule has 0 radical (unpaired) electrons. The van der Waals surface area contributed by atoms with Crippen LogP contribution in [0.3, 0.4) is 0 Å².